The molecule has 0 N–H and O–H groups in total. The zero-order valence-corrected chi connectivity index (χ0v) is 7.58. The fourth-order valence-corrected chi connectivity index (χ4v) is 1.00. The summed E-state index contributed by atoms with van der Waals surface area (Å²) in [4.78, 5) is 11.2. The summed E-state index contributed by atoms with van der Waals surface area (Å²) in [6.45, 7) is 4.70. The molecule has 0 spiro atoms. The zero-order chi connectivity index (χ0) is 8.97. The molecule has 3 heteroatoms. The molecule has 0 amide bonds. The molecule has 0 saturated heterocycles. The summed E-state index contributed by atoms with van der Waals surface area (Å²) in [5.41, 5.74) is 0.927. The van der Waals surface area contributed by atoms with Gasteiger partial charge < -0.3 is 0 Å². The van der Waals surface area contributed by atoms with Gasteiger partial charge in [0.2, 0.25) is 0 Å². The first kappa shape index (κ1) is 8.97. The van der Waals surface area contributed by atoms with Crippen molar-refractivity contribution in [3.8, 4) is 0 Å². The average molecular weight is 166 g/mol. The van der Waals surface area contributed by atoms with Gasteiger partial charge in [-0.3, -0.25) is 4.79 Å². The maximum Gasteiger partial charge on any atom is 0.266 e. The molecule has 0 unspecified atom stereocenters. The molecule has 0 aliphatic carbocycles. The van der Waals surface area contributed by atoms with Crippen LogP contribution in [-0.2, 0) is 6.54 Å². The van der Waals surface area contributed by atoms with E-state index < -0.39 is 0 Å². The van der Waals surface area contributed by atoms with Crippen molar-refractivity contribution in [1.29, 1.82) is 0 Å². The van der Waals surface area contributed by atoms with Crippen molar-refractivity contribution < 1.29 is 0 Å². The highest BCUT2D eigenvalue weighted by atomic mass is 16.1. The first-order valence-corrected chi connectivity index (χ1v) is 4.28. The van der Waals surface area contributed by atoms with E-state index in [1.54, 1.807) is 12.3 Å². The predicted molar refractivity (Wildman–Crippen MR) is 48.1 cm³/mol. The van der Waals surface area contributed by atoms with Gasteiger partial charge in [-0.2, -0.15) is 5.10 Å². The minimum absolute atomic E-state index is 0.00319. The molecule has 1 aromatic heterocycles. The third kappa shape index (κ3) is 2.19. The molecule has 1 aromatic rings. The summed E-state index contributed by atoms with van der Waals surface area (Å²) in [7, 11) is 0. The van der Waals surface area contributed by atoms with Crippen LogP contribution in [0.5, 0.6) is 0 Å². The van der Waals surface area contributed by atoms with Gasteiger partial charge in [0.15, 0.2) is 0 Å². The van der Waals surface area contributed by atoms with Gasteiger partial charge in [0.1, 0.15) is 0 Å². The number of aromatic nitrogens is 2. The van der Waals surface area contributed by atoms with Crippen LogP contribution in [0.4, 0.5) is 0 Å². The molecule has 0 saturated carbocycles. The van der Waals surface area contributed by atoms with Crippen LogP contribution in [0, 0.1) is 6.92 Å². The third-order valence-electron chi connectivity index (χ3n) is 1.73. The van der Waals surface area contributed by atoms with E-state index in [0.717, 1.165) is 24.9 Å². The Morgan fingerprint density at radius 3 is 2.92 bits per heavy atom. The first-order valence-electron chi connectivity index (χ1n) is 4.28. The Hall–Kier alpha value is -1.12. The maximum absolute atomic E-state index is 11.2. The summed E-state index contributed by atoms with van der Waals surface area (Å²) >= 11 is 0. The van der Waals surface area contributed by atoms with E-state index in [2.05, 4.69) is 12.0 Å². The summed E-state index contributed by atoms with van der Waals surface area (Å²) in [5, 5.41) is 4.02. The monoisotopic (exact) mass is 166 g/mol. The van der Waals surface area contributed by atoms with E-state index in [1.165, 1.54) is 4.68 Å². The van der Waals surface area contributed by atoms with Gasteiger partial charge in [0.05, 0.1) is 6.20 Å². The largest absolute Gasteiger partial charge is 0.268 e. The van der Waals surface area contributed by atoms with Gasteiger partial charge in [-0.25, -0.2) is 4.68 Å². The van der Waals surface area contributed by atoms with Crippen molar-refractivity contribution in [2.24, 2.45) is 0 Å². The van der Waals surface area contributed by atoms with Crippen LogP contribution in [0.2, 0.25) is 0 Å². The van der Waals surface area contributed by atoms with Gasteiger partial charge >= 0.3 is 0 Å². The number of unbranched alkanes of at least 4 members (excludes halogenated alkanes) is 1. The second-order valence-corrected chi connectivity index (χ2v) is 2.95. The Kier molecular flexibility index (Phi) is 3.02. The van der Waals surface area contributed by atoms with Gasteiger partial charge in [0, 0.05) is 12.6 Å². The molecular formula is C9H14N2O. The molecule has 12 heavy (non-hydrogen) atoms. The highest BCUT2D eigenvalue weighted by molar-refractivity contribution is 5.02. The molecule has 1 heterocycles. The smallest absolute Gasteiger partial charge is 0.266 e. The second kappa shape index (κ2) is 4.04. The van der Waals surface area contributed by atoms with Crippen LogP contribution in [-0.4, -0.2) is 9.78 Å². The maximum atomic E-state index is 11.2. The van der Waals surface area contributed by atoms with Crippen molar-refractivity contribution in [3.05, 3.63) is 28.2 Å². The topological polar surface area (TPSA) is 34.9 Å². The standard InChI is InChI=1S/C9H14N2O/c1-3-4-5-11-9(12)6-8(2)7-10-11/h6-7H,3-5H2,1-2H3. The molecule has 0 aliphatic heterocycles. The van der Waals surface area contributed by atoms with Gasteiger partial charge in [-0.05, 0) is 18.9 Å². The number of hydrogen-bond donors (Lipinski definition) is 0. The summed E-state index contributed by atoms with van der Waals surface area (Å²) in [5.74, 6) is 0. The normalized spacial score (nSPS) is 10.2. The van der Waals surface area contributed by atoms with E-state index in [-0.39, 0.29) is 5.56 Å². The number of aryl methyl sites for hydroxylation is 2. The lowest BCUT2D eigenvalue weighted by Crippen LogP contribution is -2.21. The molecule has 66 valence electrons. The minimum Gasteiger partial charge on any atom is -0.268 e. The zero-order valence-electron chi connectivity index (χ0n) is 7.58. The van der Waals surface area contributed by atoms with Gasteiger partial charge in [-0.15, -0.1) is 0 Å². The minimum atomic E-state index is 0.00319. The predicted octanol–water partition coefficient (Wildman–Crippen LogP) is 1.35. The van der Waals surface area contributed by atoms with Crippen molar-refractivity contribution in [2.45, 2.75) is 33.2 Å². The Morgan fingerprint density at radius 1 is 1.58 bits per heavy atom. The van der Waals surface area contributed by atoms with Crippen molar-refractivity contribution >= 4 is 0 Å². The lowest BCUT2D eigenvalue weighted by atomic mass is 10.3. The molecule has 0 bridgehead atoms. The SMILES string of the molecule is CCCCn1ncc(C)cc1=O. The van der Waals surface area contributed by atoms with Gasteiger partial charge in [0.25, 0.3) is 5.56 Å². The number of nitrogens with zero attached hydrogens (tertiary/aromatic N) is 2. The fourth-order valence-electron chi connectivity index (χ4n) is 1.00. The molecule has 0 radical (unpaired) electrons. The van der Waals surface area contributed by atoms with Crippen LogP contribution >= 0.6 is 0 Å². The van der Waals surface area contributed by atoms with Crippen LogP contribution in [0.25, 0.3) is 0 Å². The van der Waals surface area contributed by atoms with Crippen molar-refractivity contribution in [2.75, 3.05) is 0 Å². The van der Waals surface area contributed by atoms with E-state index in [0.29, 0.717) is 0 Å². The molecule has 3 nitrogen and oxygen atoms in total. The summed E-state index contributed by atoms with van der Waals surface area (Å²) in [6.07, 6.45) is 3.81. The Bertz CT molecular complexity index is 304. The number of hydrogen-bond acceptors (Lipinski definition) is 2. The van der Waals surface area contributed by atoms with E-state index in [9.17, 15) is 4.79 Å². The molecule has 0 aliphatic rings. The third-order valence-corrected chi connectivity index (χ3v) is 1.73. The first-order chi connectivity index (χ1) is 5.74. The van der Waals surface area contributed by atoms with Crippen LogP contribution in [0.15, 0.2) is 17.1 Å². The summed E-state index contributed by atoms with van der Waals surface area (Å²) < 4.78 is 1.51. The molecular weight excluding hydrogens is 152 g/mol. The van der Waals surface area contributed by atoms with Crippen molar-refractivity contribution in [3.63, 3.8) is 0 Å². The Morgan fingerprint density at radius 2 is 2.33 bits per heavy atom. The van der Waals surface area contributed by atoms with Crippen LogP contribution in [0.3, 0.4) is 0 Å². The quantitative estimate of drug-likeness (QED) is 0.679. The molecule has 1 rings (SSSR count). The highest BCUT2D eigenvalue weighted by Gasteiger charge is 1.95. The van der Waals surface area contributed by atoms with E-state index in [4.69, 9.17) is 0 Å². The van der Waals surface area contributed by atoms with E-state index in [1.807, 2.05) is 6.92 Å². The van der Waals surface area contributed by atoms with E-state index >= 15 is 0 Å². The second-order valence-electron chi connectivity index (χ2n) is 2.95. The van der Waals surface area contributed by atoms with Crippen molar-refractivity contribution in [1.82, 2.24) is 9.78 Å². The van der Waals surface area contributed by atoms with Crippen LogP contribution < -0.4 is 5.56 Å². The average Bonchev–Trinajstić information content (AvgIpc) is 2.03. The molecule has 0 atom stereocenters. The van der Waals surface area contributed by atoms with Crippen LogP contribution in [0.1, 0.15) is 25.3 Å². The number of rotatable bonds is 3. The Balaban J connectivity index is 2.80. The highest BCUT2D eigenvalue weighted by Crippen LogP contribution is 1.91. The Labute approximate surface area is 72.0 Å². The van der Waals surface area contributed by atoms with Gasteiger partial charge in [-0.1, -0.05) is 13.3 Å². The fraction of sp³-hybridized carbons (Fsp3) is 0.556. The summed E-state index contributed by atoms with van der Waals surface area (Å²) in [6, 6.07) is 1.61. The molecule has 0 aromatic carbocycles. The lowest BCUT2D eigenvalue weighted by molar-refractivity contribution is 0.541. The lowest BCUT2D eigenvalue weighted by Gasteiger charge is -2.01. The molecule has 0 fully saturated rings.